The Morgan fingerprint density at radius 3 is 2.71 bits per heavy atom. The normalized spacial score (nSPS) is 17.3. The van der Waals surface area contributed by atoms with Gasteiger partial charge in [0.15, 0.2) is 0 Å². The van der Waals surface area contributed by atoms with Crippen LogP contribution in [0.25, 0.3) is 6.08 Å². The minimum Gasteiger partial charge on any atom is -0.467 e. The van der Waals surface area contributed by atoms with Crippen molar-refractivity contribution < 1.29 is 24.0 Å². The van der Waals surface area contributed by atoms with Gasteiger partial charge in [-0.25, -0.2) is 4.79 Å². The molecule has 24 heavy (non-hydrogen) atoms. The van der Waals surface area contributed by atoms with E-state index >= 15 is 0 Å². The van der Waals surface area contributed by atoms with Crippen molar-refractivity contribution in [2.24, 2.45) is 0 Å². The number of nitro benzene ring substituents is 1. The van der Waals surface area contributed by atoms with Crippen LogP contribution in [0.1, 0.15) is 12.5 Å². The molecule has 1 atom stereocenters. The maximum atomic E-state index is 12.3. The van der Waals surface area contributed by atoms with E-state index in [9.17, 15) is 24.5 Å². The maximum Gasteiger partial charge on any atom is 0.328 e. The van der Waals surface area contributed by atoms with Crippen LogP contribution in [-0.4, -0.2) is 40.1 Å². The Morgan fingerprint density at radius 1 is 1.46 bits per heavy atom. The molecule has 2 amide bonds. The first-order valence-corrected chi connectivity index (χ1v) is 7.74. The summed E-state index contributed by atoms with van der Waals surface area (Å²) in [5, 5.41) is 10.4. The van der Waals surface area contributed by atoms with Crippen molar-refractivity contribution in [1.29, 1.82) is 0 Å². The van der Waals surface area contributed by atoms with Gasteiger partial charge in [0.1, 0.15) is 6.04 Å². The standard InChI is InChI=1S/C14H11ClN2O6S/c1-7(13(19)23-2)16-12(18)11(24-14(16)20)6-8-5-9(17(21)22)3-4-10(8)15/h3-7H,1-2H3/b11-6-. The number of halogens is 1. The van der Waals surface area contributed by atoms with Gasteiger partial charge in [-0.15, -0.1) is 0 Å². The number of esters is 1. The van der Waals surface area contributed by atoms with E-state index in [2.05, 4.69) is 4.74 Å². The van der Waals surface area contributed by atoms with Crippen LogP contribution in [0, 0.1) is 10.1 Å². The molecule has 1 aliphatic heterocycles. The second kappa shape index (κ2) is 7.02. The minimum atomic E-state index is -1.08. The lowest BCUT2D eigenvalue weighted by molar-refractivity contribution is -0.384. The van der Waals surface area contributed by atoms with Crippen molar-refractivity contribution >= 4 is 52.2 Å². The molecule has 126 valence electrons. The zero-order valence-corrected chi connectivity index (χ0v) is 14.1. The topological polar surface area (TPSA) is 107 Å². The van der Waals surface area contributed by atoms with Crippen LogP contribution in [0.3, 0.4) is 0 Å². The molecule has 2 rings (SSSR count). The number of methoxy groups -OCH3 is 1. The number of carbonyl (C=O) groups excluding carboxylic acids is 3. The average molecular weight is 371 g/mol. The number of hydrogen-bond acceptors (Lipinski definition) is 7. The number of nitro groups is 1. The molecule has 0 aliphatic carbocycles. The van der Waals surface area contributed by atoms with Gasteiger partial charge in [-0.3, -0.25) is 24.6 Å². The van der Waals surface area contributed by atoms with Gasteiger partial charge in [-0.2, -0.15) is 0 Å². The Morgan fingerprint density at radius 2 is 2.12 bits per heavy atom. The number of non-ortho nitro benzene ring substituents is 1. The Balaban J connectivity index is 2.37. The third-order valence-electron chi connectivity index (χ3n) is 3.23. The van der Waals surface area contributed by atoms with E-state index in [-0.39, 0.29) is 21.2 Å². The van der Waals surface area contributed by atoms with Gasteiger partial charge < -0.3 is 4.74 Å². The van der Waals surface area contributed by atoms with Gasteiger partial charge in [0.25, 0.3) is 16.8 Å². The van der Waals surface area contributed by atoms with Crippen molar-refractivity contribution in [2.75, 3.05) is 7.11 Å². The third-order valence-corrected chi connectivity index (χ3v) is 4.46. The summed E-state index contributed by atoms with van der Waals surface area (Å²) in [6.45, 7) is 1.37. The summed E-state index contributed by atoms with van der Waals surface area (Å²) in [6, 6.07) is 2.67. The summed E-state index contributed by atoms with van der Waals surface area (Å²) in [7, 11) is 1.15. The van der Waals surface area contributed by atoms with Crippen molar-refractivity contribution in [2.45, 2.75) is 13.0 Å². The number of imide groups is 1. The molecule has 0 N–H and O–H groups in total. The summed E-state index contributed by atoms with van der Waals surface area (Å²) >= 11 is 6.59. The molecule has 1 aromatic carbocycles. The molecule has 1 heterocycles. The zero-order chi connectivity index (χ0) is 18.0. The lowest BCUT2D eigenvalue weighted by atomic mass is 10.1. The van der Waals surface area contributed by atoms with Crippen LogP contribution >= 0.6 is 23.4 Å². The number of benzene rings is 1. The lowest BCUT2D eigenvalue weighted by Crippen LogP contribution is -2.42. The first kappa shape index (κ1) is 18.0. The van der Waals surface area contributed by atoms with E-state index < -0.39 is 28.1 Å². The summed E-state index contributed by atoms with van der Waals surface area (Å²) < 4.78 is 4.53. The zero-order valence-electron chi connectivity index (χ0n) is 12.5. The fourth-order valence-electron chi connectivity index (χ4n) is 1.99. The second-order valence-corrected chi connectivity index (χ2v) is 6.11. The largest absolute Gasteiger partial charge is 0.467 e. The third kappa shape index (κ3) is 3.41. The highest BCUT2D eigenvalue weighted by atomic mass is 35.5. The van der Waals surface area contributed by atoms with Crippen LogP contribution in [0.4, 0.5) is 10.5 Å². The molecular weight excluding hydrogens is 360 g/mol. The van der Waals surface area contributed by atoms with Gasteiger partial charge in [-0.05, 0) is 30.8 Å². The van der Waals surface area contributed by atoms with Crippen LogP contribution in [0.15, 0.2) is 23.1 Å². The number of thioether (sulfide) groups is 1. The molecule has 1 saturated heterocycles. The van der Waals surface area contributed by atoms with Crippen LogP contribution < -0.4 is 0 Å². The minimum absolute atomic E-state index is 0.0122. The molecule has 8 nitrogen and oxygen atoms in total. The number of amides is 2. The number of rotatable bonds is 4. The second-order valence-electron chi connectivity index (χ2n) is 4.71. The van der Waals surface area contributed by atoms with Gasteiger partial charge in [0, 0.05) is 22.7 Å². The molecule has 1 aliphatic rings. The van der Waals surface area contributed by atoms with E-state index in [0.717, 1.165) is 12.0 Å². The lowest BCUT2D eigenvalue weighted by Gasteiger charge is -2.18. The first-order valence-electron chi connectivity index (χ1n) is 6.55. The van der Waals surface area contributed by atoms with E-state index in [1.165, 1.54) is 31.2 Å². The summed E-state index contributed by atoms with van der Waals surface area (Å²) in [5.74, 6) is -1.42. The number of ether oxygens (including phenoxy) is 1. The molecule has 1 aromatic rings. The van der Waals surface area contributed by atoms with Crippen LogP contribution in [0.2, 0.25) is 5.02 Å². The Kier molecular flexibility index (Phi) is 5.25. The van der Waals surface area contributed by atoms with Crippen molar-refractivity contribution in [1.82, 2.24) is 4.90 Å². The SMILES string of the molecule is COC(=O)C(C)N1C(=O)S/C(=C\c2cc([N+](=O)[O-])ccc2Cl)C1=O. The van der Waals surface area contributed by atoms with Crippen molar-refractivity contribution in [3.8, 4) is 0 Å². The molecule has 1 fully saturated rings. The highest BCUT2D eigenvalue weighted by Crippen LogP contribution is 2.35. The summed E-state index contributed by atoms with van der Waals surface area (Å²) in [4.78, 5) is 46.9. The van der Waals surface area contributed by atoms with Gasteiger partial charge in [0.2, 0.25) is 0 Å². The molecule has 0 aromatic heterocycles. The first-order chi connectivity index (χ1) is 11.3. The number of hydrogen-bond donors (Lipinski definition) is 0. The molecule has 0 radical (unpaired) electrons. The van der Waals surface area contributed by atoms with Crippen molar-refractivity contribution in [3.63, 3.8) is 0 Å². The maximum absolute atomic E-state index is 12.3. The highest BCUT2D eigenvalue weighted by Gasteiger charge is 2.41. The van der Waals surface area contributed by atoms with E-state index in [1.807, 2.05) is 0 Å². The van der Waals surface area contributed by atoms with Gasteiger partial charge >= 0.3 is 5.97 Å². The van der Waals surface area contributed by atoms with E-state index in [1.54, 1.807) is 0 Å². The van der Waals surface area contributed by atoms with Crippen molar-refractivity contribution in [3.05, 3.63) is 43.8 Å². The predicted molar refractivity (Wildman–Crippen MR) is 87.4 cm³/mol. The van der Waals surface area contributed by atoms with Crippen LogP contribution in [-0.2, 0) is 14.3 Å². The average Bonchev–Trinajstić information content (AvgIpc) is 2.81. The molecule has 0 spiro atoms. The highest BCUT2D eigenvalue weighted by molar-refractivity contribution is 8.18. The molecule has 1 unspecified atom stereocenters. The van der Waals surface area contributed by atoms with E-state index in [4.69, 9.17) is 11.6 Å². The van der Waals surface area contributed by atoms with Gasteiger partial charge in [-0.1, -0.05) is 11.6 Å². The molecule has 10 heteroatoms. The number of nitrogens with zero attached hydrogens (tertiary/aromatic N) is 2. The summed E-state index contributed by atoms with van der Waals surface area (Å²) in [6.07, 6.45) is 1.28. The molecule has 0 saturated carbocycles. The Bertz CT molecular complexity index is 779. The number of carbonyl (C=O) groups is 3. The Hall–Kier alpha value is -2.39. The summed E-state index contributed by atoms with van der Waals surface area (Å²) in [5.41, 5.74) is 0.0231. The molecule has 0 bridgehead atoms. The monoisotopic (exact) mass is 370 g/mol. The smallest absolute Gasteiger partial charge is 0.328 e. The fraction of sp³-hybridized carbons (Fsp3) is 0.214. The van der Waals surface area contributed by atoms with E-state index in [0.29, 0.717) is 11.8 Å². The predicted octanol–water partition coefficient (Wildman–Crippen LogP) is 2.85. The van der Waals surface area contributed by atoms with Crippen LogP contribution in [0.5, 0.6) is 0 Å². The Labute approximate surface area is 145 Å². The fourth-order valence-corrected chi connectivity index (χ4v) is 3.06. The quantitative estimate of drug-likeness (QED) is 0.347. The molecular formula is C14H11ClN2O6S. The van der Waals surface area contributed by atoms with Gasteiger partial charge in [0.05, 0.1) is 16.9 Å².